The van der Waals surface area contributed by atoms with Crippen molar-refractivity contribution in [2.45, 2.75) is 18.9 Å². The monoisotopic (exact) mass is 251 g/mol. The molecule has 0 aliphatic heterocycles. The predicted molar refractivity (Wildman–Crippen MR) is 64.8 cm³/mol. The summed E-state index contributed by atoms with van der Waals surface area (Å²) in [5.74, 6) is -1.37. The van der Waals surface area contributed by atoms with E-state index in [0.717, 1.165) is 4.88 Å². The van der Waals surface area contributed by atoms with Gasteiger partial charge in [-0.15, -0.1) is 11.3 Å². The molecule has 5 heteroatoms. The lowest BCUT2D eigenvalue weighted by atomic mass is 10.1. The van der Waals surface area contributed by atoms with Gasteiger partial charge >= 0.3 is 5.97 Å². The molecule has 1 heterocycles. The summed E-state index contributed by atoms with van der Waals surface area (Å²) >= 11 is 1.54. The van der Waals surface area contributed by atoms with Gasteiger partial charge in [-0.2, -0.15) is 0 Å². The van der Waals surface area contributed by atoms with E-state index in [1.54, 1.807) is 23.5 Å². The minimum Gasteiger partial charge on any atom is -0.481 e. The number of hydrogen-bond donors (Lipinski definition) is 2. The second-order valence-electron chi connectivity index (χ2n) is 4.00. The van der Waals surface area contributed by atoms with E-state index in [1.807, 2.05) is 17.5 Å². The Labute approximate surface area is 103 Å². The number of carbonyl (C=O) groups is 2. The number of aliphatic carboxylic acids is 1. The molecule has 1 aliphatic rings. The molecule has 0 radical (unpaired) electrons. The fourth-order valence-electron chi connectivity index (χ4n) is 1.82. The highest BCUT2D eigenvalue weighted by molar-refractivity contribution is 7.10. The van der Waals surface area contributed by atoms with E-state index < -0.39 is 11.9 Å². The van der Waals surface area contributed by atoms with Gasteiger partial charge in [-0.3, -0.25) is 9.59 Å². The lowest BCUT2D eigenvalue weighted by Crippen LogP contribution is -2.34. The van der Waals surface area contributed by atoms with E-state index in [1.165, 1.54) is 0 Å². The Balaban J connectivity index is 1.81. The molecule has 0 saturated carbocycles. The largest absolute Gasteiger partial charge is 0.481 e. The molecule has 0 fully saturated rings. The summed E-state index contributed by atoms with van der Waals surface area (Å²) in [4.78, 5) is 23.4. The van der Waals surface area contributed by atoms with Crippen molar-refractivity contribution in [2.75, 3.05) is 0 Å². The number of carbonyl (C=O) groups excluding carboxylic acids is 1. The Hall–Kier alpha value is -1.62. The van der Waals surface area contributed by atoms with Crippen LogP contribution in [0.3, 0.4) is 0 Å². The molecule has 1 aromatic rings. The molecule has 0 bridgehead atoms. The van der Waals surface area contributed by atoms with Crippen molar-refractivity contribution >= 4 is 23.2 Å². The van der Waals surface area contributed by atoms with E-state index in [4.69, 9.17) is 5.11 Å². The van der Waals surface area contributed by atoms with Gasteiger partial charge in [0.2, 0.25) is 5.91 Å². The average Bonchev–Trinajstić information content (AvgIpc) is 2.88. The normalized spacial score (nSPS) is 22.6. The lowest BCUT2D eigenvalue weighted by Gasteiger charge is -2.11. The highest BCUT2D eigenvalue weighted by Gasteiger charge is 2.25. The van der Waals surface area contributed by atoms with Gasteiger partial charge in [0.05, 0.1) is 12.3 Å². The minimum absolute atomic E-state index is 0.0619. The van der Waals surface area contributed by atoms with Crippen LogP contribution in [0.5, 0.6) is 0 Å². The number of carboxylic acid groups (broad SMARTS) is 1. The number of amides is 1. The SMILES string of the molecule is O=C(Cc1cccs1)NC1C=CC(C(=O)O)C1. The first-order valence-corrected chi connectivity index (χ1v) is 6.26. The zero-order chi connectivity index (χ0) is 12.3. The molecule has 90 valence electrons. The Morgan fingerprint density at radius 1 is 1.47 bits per heavy atom. The van der Waals surface area contributed by atoms with Crippen LogP contribution in [0.15, 0.2) is 29.7 Å². The predicted octanol–water partition coefficient (Wildman–Crippen LogP) is 1.44. The maximum atomic E-state index is 11.7. The molecular formula is C12H13NO3S. The number of nitrogens with one attached hydrogen (secondary N) is 1. The molecule has 0 spiro atoms. The van der Waals surface area contributed by atoms with Crippen molar-refractivity contribution in [2.24, 2.45) is 5.92 Å². The Bertz CT molecular complexity index is 439. The molecule has 2 rings (SSSR count). The summed E-state index contributed by atoms with van der Waals surface area (Å²) < 4.78 is 0. The van der Waals surface area contributed by atoms with Gasteiger partial charge in [-0.25, -0.2) is 0 Å². The number of rotatable bonds is 4. The summed E-state index contributed by atoms with van der Waals surface area (Å²) in [6.07, 6.45) is 4.20. The molecule has 17 heavy (non-hydrogen) atoms. The van der Waals surface area contributed by atoms with E-state index in [0.29, 0.717) is 12.8 Å². The summed E-state index contributed by atoms with van der Waals surface area (Å²) in [7, 11) is 0. The summed E-state index contributed by atoms with van der Waals surface area (Å²) in [6, 6.07) is 3.67. The molecule has 1 amide bonds. The van der Waals surface area contributed by atoms with Crippen LogP contribution >= 0.6 is 11.3 Å². The molecule has 4 nitrogen and oxygen atoms in total. The van der Waals surface area contributed by atoms with Crippen LogP contribution in [0, 0.1) is 5.92 Å². The van der Waals surface area contributed by atoms with E-state index in [9.17, 15) is 9.59 Å². The van der Waals surface area contributed by atoms with Crippen LogP contribution in [0.1, 0.15) is 11.3 Å². The second kappa shape index (κ2) is 5.14. The minimum atomic E-state index is -0.837. The van der Waals surface area contributed by atoms with Crippen LogP contribution in [0.2, 0.25) is 0 Å². The van der Waals surface area contributed by atoms with Crippen molar-refractivity contribution in [1.82, 2.24) is 5.32 Å². The number of thiophene rings is 1. The van der Waals surface area contributed by atoms with Crippen LogP contribution in [0.25, 0.3) is 0 Å². The number of hydrogen-bond acceptors (Lipinski definition) is 3. The second-order valence-corrected chi connectivity index (χ2v) is 5.03. The summed E-state index contributed by atoms with van der Waals surface area (Å²) in [5, 5.41) is 13.6. The first kappa shape index (κ1) is 11.9. The van der Waals surface area contributed by atoms with Gasteiger partial charge in [0, 0.05) is 10.9 Å². The van der Waals surface area contributed by atoms with Crippen molar-refractivity contribution in [3.8, 4) is 0 Å². The van der Waals surface area contributed by atoms with Crippen molar-refractivity contribution < 1.29 is 14.7 Å². The van der Waals surface area contributed by atoms with Gasteiger partial charge in [0.15, 0.2) is 0 Å². The van der Waals surface area contributed by atoms with Crippen LogP contribution < -0.4 is 5.32 Å². The highest BCUT2D eigenvalue weighted by Crippen LogP contribution is 2.18. The van der Waals surface area contributed by atoms with E-state index >= 15 is 0 Å². The summed E-state index contributed by atoms with van der Waals surface area (Å²) in [5.41, 5.74) is 0. The Kier molecular flexibility index (Phi) is 3.58. The zero-order valence-corrected chi connectivity index (χ0v) is 9.94. The Morgan fingerprint density at radius 3 is 2.88 bits per heavy atom. The maximum absolute atomic E-state index is 11.7. The topological polar surface area (TPSA) is 66.4 Å². The third-order valence-corrected chi connectivity index (χ3v) is 3.54. The third kappa shape index (κ3) is 3.17. The van der Waals surface area contributed by atoms with Gasteiger partial charge in [0.25, 0.3) is 0 Å². The van der Waals surface area contributed by atoms with Crippen LogP contribution in [0.4, 0.5) is 0 Å². The van der Waals surface area contributed by atoms with E-state index in [2.05, 4.69) is 5.32 Å². The van der Waals surface area contributed by atoms with Gasteiger partial charge in [-0.1, -0.05) is 18.2 Å². The number of carboxylic acids is 1. The average molecular weight is 251 g/mol. The van der Waals surface area contributed by atoms with Crippen molar-refractivity contribution in [3.63, 3.8) is 0 Å². The molecule has 2 atom stereocenters. The molecule has 2 unspecified atom stereocenters. The highest BCUT2D eigenvalue weighted by atomic mass is 32.1. The van der Waals surface area contributed by atoms with Gasteiger partial charge in [0.1, 0.15) is 0 Å². The van der Waals surface area contributed by atoms with Crippen molar-refractivity contribution in [1.29, 1.82) is 0 Å². The molecule has 1 aromatic heterocycles. The fraction of sp³-hybridized carbons (Fsp3) is 0.333. The molecule has 0 saturated heterocycles. The molecule has 2 N–H and O–H groups in total. The molecule has 0 aromatic carbocycles. The first-order chi connectivity index (χ1) is 8.15. The van der Waals surface area contributed by atoms with Gasteiger partial charge in [-0.05, 0) is 17.9 Å². The van der Waals surface area contributed by atoms with Crippen LogP contribution in [-0.4, -0.2) is 23.0 Å². The first-order valence-electron chi connectivity index (χ1n) is 5.38. The fourth-order valence-corrected chi connectivity index (χ4v) is 2.52. The zero-order valence-electron chi connectivity index (χ0n) is 9.13. The van der Waals surface area contributed by atoms with Crippen molar-refractivity contribution in [3.05, 3.63) is 34.5 Å². The third-order valence-electron chi connectivity index (χ3n) is 2.66. The van der Waals surface area contributed by atoms with Gasteiger partial charge < -0.3 is 10.4 Å². The smallest absolute Gasteiger partial charge is 0.310 e. The quantitative estimate of drug-likeness (QED) is 0.796. The molecule has 1 aliphatic carbocycles. The lowest BCUT2D eigenvalue weighted by molar-refractivity contribution is -0.140. The van der Waals surface area contributed by atoms with E-state index in [-0.39, 0.29) is 11.9 Å². The maximum Gasteiger partial charge on any atom is 0.310 e. The molecular weight excluding hydrogens is 238 g/mol. The van der Waals surface area contributed by atoms with Crippen LogP contribution in [-0.2, 0) is 16.0 Å². The standard InChI is InChI=1S/C12H13NO3S/c14-11(7-10-2-1-5-17-10)13-9-4-3-8(6-9)12(15)16/h1-5,8-9H,6-7H2,(H,13,14)(H,15,16). The Morgan fingerprint density at radius 2 is 2.29 bits per heavy atom. The summed E-state index contributed by atoms with van der Waals surface area (Å²) in [6.45, 7) is 0.